The normalized spacial score (nSPS) is 10.7. The van der Waals surface area contributed by atoms with Gasteiger partial charge in [0.1, 0.15) is 5.69 Å². The Morgan fingerprint density at radius 1 is 1.11 bits per heavy atom. The molecule has 98 valence electrons. The van der Waals surface area contributed by atoms with Crippen LogP contribution in [0.4, 0.5) is 0 Å². The molecule has 2 aromatic rings. The number of pyridine rings is 1. The molecule has 1 heterocycles. The summed E-state index contributed by atoms with van der Waals surface area (Å²) in [5.74, 6) is 0.587. The summed E-state index contributed by atoms with van der Waals surface area (Å²) in [4.78, 5) is 16.4. The highest BCUT2D eigenvalue weighted by Gasteiger charge is 2.09. The van der Waals surface area contributed by atoms with Gasteiger partial charge in [-0.2, -0.15) is 0 Å². The molecule has 1 aromatic carbocycles. The molecule has 0 atom stereocenters. The molecule has 0 spiro atoms. The number of aryl methyl sites for hydroxylation is 1. The molecule has 0 unspecified atom stereocenters. The van der Waals surface area contributed by atoms with Crippen LogP contribution >= 0.6 is 0 Å². The van der Waals surface area contributed by atoms with Crippen LogP contribution in [0.2, 0.25) is 0 Å². The lowest BCUT2D eigenvalue weighted by Crippen LogP contribution is -2.06. The van der Waals surface area contributed by atoms with E-state index in [1.54, 1.807) is 6.07 Å². The molecule has 0 aliphatic heterocycles. The van der Waals surface area contributed by atoms with E-state index in [1.165, 1.54) is 5.56 Å². The minimum atomic E-state index is 0.0704. The standard InChI is InChI=1S/C17H19NO/c1-12(2)15-9-7-14(8-10-15)11-17(19)16-6-4-5-13(3)18-16/h4-10,12H,11H2,1-3H3. The number of hydrogen-bond donors (Lipinski definition) is 0. The highest BCUT2D eigenvalue weighted by molar-refractivity contribution is 5.95. The number of aromatic nitrogens is 1. The largest absolute Gasteiger partial charge is 0.292 e. The molecule has 2 rings (SSSR count). The smallest absolute Gasteiger partial charge is 0.185 e. The maximum atomic E-state index is 12.1. The Hall–Kier alpha value is -1.96. The number of carbonyl (C=O) groups excluding carboxylic acids is 1. The van der Waals surface area contributed by atoms with Crippen molar-refractivity contribution in [3.8, 4) is 0 Å². The Kier molecular flexibility index (Phi) is 4.10. The van der Waals surface area contributed by atoms with Gasteiger partial charge in [0.25, 0.3) is 0 Å². The molecule has 0 saturated heterocycles. The van der Waals surface area contributed by atoms with Gasteiger partial charge in [-0.1, -0.05) is 44.2 Å². The van der Waals surface area contributed by atoms with E-state index in [0.717, 1.165) is 11.3 Å². The van der Waals surface area contributed by atoms with Crippen LogP contribution in [-0.2, 0) is 6.42 Å². The molecule has 0 aliphatic rings. The van der Waals surface area contributed by atoms with Gasteiger partial charge < -0.3 is 0 Å². The Morgan fingerprint density at radius 3 is 2.37 bits per heavy atom. The van der Waals surface area contributed by atoms with E-state index in [4.69, 9.17) is 0 Å². The van der Waals surface area contributed by atoms with Crippen LogP contribution in [0.5, 0.6) is 0 Å². The summed E-state index contributed by atoms with van der Waals surface area (Å²) in [6.45, 7) is 6.22. The van der Waals surface area contributed by atoms with Crippen LogP contribution in [0.3, 0.4) is 0 Å². The number of ketones is 1. The lowest BCUT2D eigenvalue weighted by molar-refractivity contribution is 0.0988. The summed E-state index contributed by atoms with van der Waals surface area (Å²) in [5.41, 5.74) is 3.76. The third kappa shape index (κ3) is 3.50. The number of hydrogen-bond acceptors (Lipinski definition) is 2. The summed E-state index contributed by atoms with van der Waals surface area (Å²) >= 11 is 0. The van der Waals surface area contributed by atoms with Gasteiger partial charge in [0.2, 0.25) is 0 Å². The zero-order valence-electron chi connectivity index (χ0n) is 11.7. The summed E-state index contributed by atoms with van der Waals surface area (Å²) in [6, 6.07) is 13.8. The first-order valence-corrected chi connectivity index (χ1v) is 6.62. The second-order valence-corrected chi connectivity index (χ2v) is 5.16. The van der Waals surface area contributed by atoms with Gasteiger partial charge >= 0.3 is 0 Å². The average molecular weight is 253 g/mol. The minimum absolute atomic E-state index is 0.0704. The maximum Gasteiger partial charge on any atom is 0.185 e. The maximum absolute atomic E-state index is 12.1. The molecule has 2 nitrogen and oxygen atoms in total. The molecule has 0 aliphatic carbocycles. The Bertz CT molecular complexity index is 570. The van der Waals surface area contributed by atoms with Crippen LogP contribution in [0.15, 0.2) is 42.5 Å². The number of rotatable bonds is 4. The molecule has 2 heteroatoms. The summed E-state index contributed by atoms with van der Waals surface area (Å²) in [6.07, 6.45) is 0.412. The lowest BCUT2D eigenvalue weighted by Gasteiger charge is -2.06. The first-order valence-electron chi connectivity index (χ1n) is 6.62. The topological polar surface area (TPSA) is 30.0 Å². The van der Waals surface area contributed by atoms with E-state index in [-0.39, 0.29) is 5.78 Å². The van der Waals surface area contributed by atoms with Gasteiger partial charge in [-0.3, -0.25) is 9.78 Å². The van der Waals surface area contributed by atoms with Crippen molar-refractivity contribution >= 4 is 5.78 Å². The van der Waals surface area contributed by atoms with Crippen molar-refractivity contribution in [3.63, 3.8) is 0 Å². The number of nitrogens with zero attached hydrogens (tertiary/aromatic N) is 1. The summed E-state index contributed by atoms with van der Waals surface area (Å²) < 4.78 is 0. The third-order valence-electron chi connectivity index (χ3n) is 3.19. The predicted molar refractivity (Wildman–Crippen MR) is 77.5 cm³/mol. The molecular formula is C17H19NO. The molecule has 0 radical (unpaired) electrons. The van der Waals surface area contributed by atoms with E-state index in [1.807, 2.05) is 31.2 Å². The lowest BCUT2D eigenvalue weighted by atomic mass is 9.99. The number of carbonyl (C=O) groups is 1. The molecule has 0 fully saturated rings. The van der Waals surface area contributed by atoms with E-state index in [9.17, 15) is 4.79 Å². The molecule has 0 bridgehead atoms. The van der Waals surface area contributed by atoms with Crippen molar-refractivity contribution in [1.82, 2.24) is 4.98 Å². The Balaban J connectivity index is 2.10. The second kappa shape index (κ2) is 5.79. The van der Waals surface area contributed by atoms with E-state index >= 15 is 0 Å². The van der Waals surface area contributed by atoms with Crippen molar-refractivity contribution in [1.29, 1.82) is 0 Å². The van der Waals surface area contributed by atoms with Crippen LogP contribution < -0.4 is 0 Å². The van der Waals surface area contributed by atoms with Crippen molar-refractivity contribution < 1.29 is 4.79 Å². The fourth-order valence-corrected chi connectivity index (χ4v) is 1.99. The van der Waals surface area contributed by atoms with Gasteiger partial charge in [-0.25, -0.2) is 0 Å². The number of benzene rings is 1. The fourth-order valence-electron chi connectivity index (χ4n) is 1.99. The monoisotopic (exact) mass is 253 g/mol. The van der Waals surface area contributed by atoms with Gasteiger partial charge in [0.05, 0.1) is 0 Å². The molecule has 0 saturated carbocycles. The third-order valence-corrected chi connectivity index (χ3v) is 3.19. The molecule has 0 N–H and O–H groups in total. The van der Waals surface area contributed by atoms with E-state index < -0.39 is 0 Å². The molecule has 0 amide bonds. The first-order chi connectivity index (χ1) is 9.06. The summed E-state index contributed by atoms with van der Waals surface area (Å²) in [7, 11) is 0. The van der Waals surface area contributed by atoms with Gasteiger partial charge in [0, 0.05) is 12.1 Å². The zero-order valence-corrected chi connectivity index (χ0v) is 11.7. The van der Waals surface area contributed by atoms with Gasteiger partial charge in [0.15, 0.2) is 5.78 Å². The predicted octanol–water partition coefficient (Wildman–Crippen LogP) is 3.94. The van der Waals surface area contributed by atoms with Crippen molar-refractivity contribution in [3.05, 3.63) is 65.0 Å². The van der Waals surface area contributed by atoms with Crippen molar-refractivity contribution in [2.45, 2.75) is 33.1 Å². The number of Topliss-reactive ketones (excluding diaryl/α,β-unsaturated/α-hetero) is 1. The van der Waals surface area contributed by atoms with Crippen molar-refractivity contribution in [2.24, 2.45) is 0 Å². The SMILES string of the molecule is Cc1cccc(C(=O)Cc2ccc(C(C)C)cc2)n1. The van der Waals surface area contributed by atoms with Crippen molar-refractivity contribution in [2.75, 3.05) is 0 Å². The highest BCUT2D eigenvalue weighted by Crippen LogP contribution is 2.15. The second-order valence-electron chi connectivity index (χ2n) is 5.16. The summed E-state index contributed by atoms with van der Waals surface area (Å²) in [5, 5.41) is 0. The first kappa shape index (κ1) is 13.5. The van der Waals surface area contributed by atoms with E-state index in [0.29, 0.717) is 18.0 Å². The van der Waals surface area contributed by atoms with Gasteiger partial charge in [-0.05, 0) is 36.1 Å². The van der Waals surface area contributed by atoms with Crippen LogP contribution in [-0.4, -0.2) is 10.8 Å². The highest BCUT2D eigenvalue weighted by atomic mass is 16.1. The quantitative estimate of drug-likeness (QED) is 0.772. The van der Waals surface area contributed by atoms with Gasteiger partial charge in [-0.15, -0.1) is 0 Å². The molecule has 1 aromatic heterocycles. The average Bonchev–Trinajstić information content (AvgIpc) is 2.39. The molecule has 19 heavy (non-hydrogen) atoms. The van der Waals surface area contributed by atoms with Crippen LogP contribution in [0, 0.1) is 6.92 Å². The van der Waals surface area contributed by atoms with E-state index in [2.05, 4.69) is 31.0 Å². The Labute approximate surface area is 114 Å². The minimum Gasteiger partial charge on any atom is -0.292 e. The zero-order chi connectivity index (χ0) is 13.8. The fraction of sp³-hybridized carbons (Fsp3) is 0.294. The van der Waals surface area contributed by atoms with Crippen LogP contribution in [0.25, 0.3) is 0 Å². The molecular weight excluding hydrogens is 234 g/mol. The Morgan fingerprint density at radius 2 is 1.79 bits per heavy atom. The van der Waals surface area contributed by atoms with Crippen LogP contribution in [0.1, 0.15) is 47.1 Å².